The maximum atomic E-state index is 14.0. The maximum absolute atomic E-state index is 14.0. The second-order valence-corrected chi connectivity index (χ2v) is 17.3. The number of alkyl halides is 3. The number of anilines is 1. The van der Waals surface area contributed by atoms with Gasteiger partial charge in [-0.25, -0.2) is 8.42 Å². The number of fused-ring (bicyclic) bond motifs is 2. The molecule has 4 fully saturated rings. The molecule has 11 nitrogen and oxygen atoms in total. The molecule has 4 aliphatic rings. The van der Waals surface area contributed by atoms with Crippen LogP contribution in [-0.4, -0.2) is 96.0 Å². The molecule has 15 heteroatoms. The van der Waals surface area contributed by atoms with Crippen LogP contribution in [0.4, 0.5) is 19.0 Å². The molecule has 52 heavy (non-hydrogen) atoms. The molecule has 2 aromatic carbocycles. The van der Waals surface area contributed by atoms with E-state index in [4.69, 9.17) is 19.4 Å². The number of piperidine rings is 1. The SMILES string of the molecule is C=CC(=O)N1CC2(CCN(c3nc(OC4CCS(=O)(=O)CC4C)nc4c(OCC(F)(F)F)c(-c5c(C)ccc6[nH]ncc56)c(C5CC5)cc34)CC2)C1. The third kappa shape index (κ3) is 6.45. The number of H-pyrrole nitrogens is 1. The Balaban J connectivity index is 1.30. The van der Waals surface area contributed by atoms with Gasteiger partial charge in [-0.3, -0.25) is 9.89 Å². The van der Waals surface area contributed by atoms with Crippen molar-refractivity contribution >= 4 is 43.4 Å². The number of aromatic nitrogens is 4. The number of halogens is 3. The van der Waals surface area contributed by atoms with Gasteiger partial charge < -0.3 is 19.3 Å². The average molecular weight is 739 g/mol. The number of nitrogens with zero attached hydrogens (tertiary/aromatic N) is 5. The Morgan fingerprint density at radius 3 is 2.54 bits per heavy atom. The molecular weight excluding hydrogens is 698 g/mol. The highest BCUT2D eigenvalue weighted by Gasteiger charge is 2.47. The first-order valence-corrected chi connectivity index (χ1v) is 19.6. The van der Waals surface area contributed by atoms with Crippen LogP contribution in [-0.2, 0) is 14.6 Å². The number of aromatic amines is 1. The van der Waals surface area contributed by atoms with Gasteiger partial charge in [-0.1, -0.05) is 19.6 Å². The monoisotopic (exact) mass is 738 g/mol. The third-order valence-electron chi connectivity index (χ3n) is 11.2. The van der Waals surface area contributed by atoms with Crippen molar-refractivity contribution in [2.24, 2.45) is 11.3 Å². The molecule has 1 saturated carbocycles. The van der Waals surface area contributed by atoms with E-state index < -0.39 is 28.7 Å². The molecule has 5 heterocycles. The molecule has 1 N–H and O–H groups in total. The zero-order valence-electron chi connectivity index (χ0n) is 29.1. The van der Waals surface area contributed by atoms with Crippen molar-refractivity contribution in [1.82, 2.24) is 25.1 Å². The second kappa shape index (κ2) is 12.6. The van der Waals surface area contributed by atoms with Crippen LogP contribution in [0.15, 0.2) is 37.1 Å². The van der Waals surface area contributed by atoms with Gasteiger partial charge in [-0.15, -0.1) is 0 Å². The zero-order valence-corrected chi connectivity index (χ0v) is 29.9. The summed E-state index contributed by atoms with van der Waals surface area (Å²) in [7, 11) is -3.22. The largest absolute Gasteiger partial charge is 0.481 e. The molecule has 1 spiro atoms. The molecule has 2 unspecified atom stereocenters. The Bertz CT molecular complexity index is 2190. The lowest BCUT2D eigenvalue weighted by Crippen LogP contribution is -2.61. The molecule has 0 radical (unpaired) electrons. The Hall–Kier alpha value is -4.40. The van der Waals surface area contributed by atoms with Crippen LogP contribution in [0.1, 0.15) is 56.1 Å². The molecule has 276 valence electrons. The van der Waals surface area contributed by atoms with Crippen molar-refractivity contribution in [1.29, 1.82) is 0 Å². The van der Waals surface area contributed by atoms with E-state index in [1.807, 2.05) is 25.1 Å². The van der Waals surface area contributed by atoms with E-state index in [1.165, 1.54) is 6.08 Å². The van der Waals surface area contributed by atoms with Gasteiger partial charge in [0.05, 0.1) is 23.2 Å². The first-order chi connectivity index (χ1) is 24.7. The highest BCUT2D eigenvalue weighted by Crippen LogP contribution is 2.53. The number of sulfone groups is 1. The minimum atomic E-state index is -4.63. The molecule has 2 atom stereocenters. The first kappa shape index (κ1) is 34.7. The first-order valence-electron chi connectivity index (χ1n) is 17.8. The Morgan fingerprint density at radius 1 is 1.12 bits per heavy atom. The molecular formula is C37H41F3N6O5S. The van der Waals surface area contributed by atoms with E-state index in [2.05, 4.69) is 21.7 Å². The normalized spacial score (nSPS) is 22.8. The quantitative estimate of drug-likeness (QED) is 0.213. The topological polar surface area (TPSA) is 131 Å². The van der Waals surface area contributed by atoms with Crippen LogP contribution < -0.4 is 14.4 Å². The van der Waals surface area contributed by atoms with Gasteiger partial charge in [0, 0.05) is 53.8 Å². The van der Waals surface area contributed by atoms with E-state index in [0.717, 1.165) is 53.3 Å². The second-order valence-electron chi connectivity index (χ2n) is 15.1. The van der Waals surface area contributed by atoms with Crippen LogP contribution >= 0.6 is 0 Å². The van der Waals surface area contributed by atoms with Crippen LogP contribution in [0.2, 0.25) is 0 Å². The van der Waals surface area contributed by atoms with Crippen LogP contribution in [0.3, 0.4) is 0 Å². The van der Waals surface area contributed by atoms with Gasteiger partial charge in [0.2, 0.25) is 5.91 Å². The van der Waals surface area contributed by atoms with Crippen molar-refractivity contribution < 1.29 is 35.9 Å². The van der Waals surface area contributed by atoms with E-state index in [0.29, 0.717) is 42.9 Å². The lowest BCUT2D eigenvalue weighted by molar-refractivity contribution is -0.153. The summed E-state index contributed by atoms with van der Waals surface area (Å²) >= 11 is 0. The van der Waals surface area contributed by atoms with Gasteiger partial charge in [0.25, 0.3) is 0 Å². The number of nitrogens with one attached hydrogen (secondary N) is 1. The minimum absolute atomic E-state index is 0.00680. The minimum Gasteiger partial charge on any atom is -0.481 e. The van der Waals surface area contributed by atoms with Crippen molar-refractivity contribution in [3.05, 3.63) is 48.2 Å². The van der Waals surface area contributed by atoms with Gasteiger partial charge in [-0.05, 0) is 79.8 Å². The summed E-state index contributed by atoms with van der Waals surface area (Å²) in [5.41, 5.74) is 3.92. The number of amides is 1. The lowest BCUT2D eigenvalue weighted by Gasteiger charge is -2.54. The van der Waals surface area contributed by atoms with Gasteiger partial charge in [-0.2, -0.15) is 28.2 Å². The van der Waals surface area contributed by atoms with E-state index in [1.54, 1.807) is 18.0 Å². The van der Waals surface area contributed by atoms with Crippen molar-refractivity contribution in [3.63, 3.8) is 0 Å². The predicted molar refractivity (Wildman–Crippen MR) is 190 cm³/mol. The highest BCUT2D eigenvalue weighted by atomic mass is 32.2. The summed E-state index contributed by atoms with van der Waals surface area (Å²) in [6.45, 7) is 8.31. The zero-order chi connectivity index (χ0) is 36.6. The fourth-order valence-corrected chi connectivity index (χ4v) is 10.1. The Morgan fingerprint density at radius 2 is 1.87 bits per heavy atom. The molecule has 1 amide bonds. The van der Waals surface area contributed by atoms with E-state index >= 15 is 0 Å². The van der Waals surface area contributed by atoms with Gasteiger partial charge in [0.15, 0.2) is 22.2 Å². The van der Waals surface area contributed by atoms with Gasteiger partial charge in [0.1, 0.15) is 17.4 Å². The van der Waals surface area contributed by atoms with E-state index in [9.17, 15) is 26.4 Å². The Labute approximate surface area is 299 Å². The molecule has 1 aliphatic carbocycles. The van der Waals surface area contributed by atoms with Crippen LogP contribution in [0, 0.1) is 18.3 Å². The smallest absolute Gasteiger partial charge is 0.422 e. The molecule has 3 aliphatic heterocycles. The molecule has 2 aromatic heterocycles. The van der Waals surface area contributed by atoms with Crippen LogP contribution in [0.5, 0.6) is 11.8 Å². The maximum Gasteiger partial charge on any atom is 0.422 e. The van der Waals surface area contributed by atoms with Crippen molar-refractivity contribution in [2.75, 3.05) is 49.2 Å². The number of rotatable bonds is 8. The summed E-state index contributed by atoms with van der Waals surface area (Å²) in [6.07, 6.45) is 1.47. The number of aryl methyl sites for hydroxylation is 1. The van der Waals surface area contributed by atoms with Crippen molar-refractivity contribution in [2.45, 2.75) is 64.1 Å². The Kier molecular flexibility index (Phi) is 8.42. The summed E-state index contributed by atoms with van der Waals surface area (Å²) < 4.78 is 79.1. The molecule has 3 saturated heterocycles. The number of benzene rings is 2. The summed E-state index contributed by atoms with van der Waals surface area (Å²) in [6, 6.07) is 5.79. The number of carbonyl (C=O) groups is 1. The highest BCUT2D eigenvalue weighted by molar-refractivity contribution is 7.91. The predicted octanol–water partition coefficient (Wildman–Crippen LogP) is 6.12. The molecule has 4 aromatic rings. The number of hydrogen-bond donors (Lipinski definition) is 1. The summed E-state index contributed by atoms with van der Waals surface area (Å²) in [5, 5.41) is 8.55. The fourth-order valence-electron chi connectivity index (χ4n) is 8.28. The number of likely N-dealkylation sites (tertiary alicyclic amines) is 1. The summed E-state index contributed by atoms with van der Waals surface area (Å²) in [4.78, 5) is 25.9. The van der Waals surface area contributed by atoms with Gasteiger partial charge >= 0.3 is 12.2 Å². The lowest BCUT2D eigenvalue weighted by atomic mass is 9.72. The third-order valence-corrected chi connectivity index (χ3v) is 13.1. The van der Waals surface area contributed by atoms with Crippen molar-refractivity contribution in [3.8, 4) is 22.9 Å². The number of ether oxygens (including phenoxy) is 2. The van der Waals surface area contributed by atoms with E-state index in [-0.39, 0.29) is 58.4 Å². The summed E-state index contributed by atoms with van der Waals surface area (Å²) in [5.74, 6) is 0.144. The van der Waals surface area contributed by atoms with Crippen LogP contribution in [0.25, 0.3) is 32.9 Å². The standard InChI is InChI=1S/C37H41F3N6O5S/c1-4-29(47)46-18-36(19-46)10-12-45(13-11-36)34-25-15-24(23-6-7-23)31(30-21(2)5-8-27-26(30)16-41-44-27)33(50-20-37(38,39)40)32(25)42-35(43-34)51-28-9-14-52(48,49)17-22(28)3/h4-5,8,15-16,22-23,28H,1,6-7,9-14,17-20H2,2-3H3,(H,41,44). The number of carbonyl (C=O) groups excluding carboxylic acids is 1. The molecule has 8 rings (SSSR count). The fraction of sp³-hybridized carbons (Fsp3) is 0.514. The number of hydrogen-bond acceptors (Lipinski definition) is 9. The average Bonchev–Trinajstić information content (AvgIpc) is 3.82. The molecule has 0 bridgehead atoms.